The predicted molar refractivity (Wildman–Crippen MR) is 85.9 cm³/mol. The van der Waals surface area contributed by atoms with Gasteiger partial charge in [-0.3, -0.25) is 4.79 Å². The molecule has 21 heavy (non-hydrogen) atoms. The van der Waals surface area contributed by atoms with Gasteiger partial charge in [0.25, 0.3) is 0 Å². The van der Waals surface area contributed by atoms with E-state index in [2.05, 4.69) is 21.2 Å². The molecule has 1 amide bonds. The van der Waals surface area contributed by atoms with Crippen LogP contribution < -0.4 is 5.32 Å². The van der Waals surface area contributed by atoms with Crippen LogP contribution in [-0.4, -0.2) is 23.5 Å². The van der Waals surface area contributed by atoms with E-state index in [9.17, 15) is 9.59 Å². The highest BCUT2D eigenvalue weighted by Crippen LogP contribution is 2.13. The molecule has 116 valence electrons. The van der Waals surface area contributed by atoms with Crippen molar-refractivity contribution in [1.29, 1.82) is 0 Å². The first-order chi connectivity index (χ1) is 9.67. The Morgan fingerprint density at radius 1 is 1.33 bits per heavy atom. The van der Waals surface area contributed by atoms with Crippen molar-refractivity contribution in [2.24, 2.45) is 0 Å². The molecular weight excluding hydrogens is 334 g/mol. The van der Waals surface area contributed by atoms with Crippen LogP contribution in [0, 0.1) is 0 Å². The third-order valence-corrected chi connectivity index (χ3v) is 3.16. The molecule has 0 aromatic heterocycles. The molecule has 4 nitrogen and oxygen atoms in total. The number of halogens is 1. The number of aryl methyl sites for hydroxylation is 1. The van der Waals surface area contributed by atoms with Crippen molar-refractivity contribution in [3.8, 4) is 0 Å². The summed E-state index contributed by atoms with van der Waals surface area (Å²) in [4.78, 5) is 23.6. The molecule has 0 aliphatic carbocycles. The Hall–Kier alpha value is -1.36. The first kappa shape index (κ1) is 17.7. The number of hydrogen-bond donors (Lipinski definition) is 1. The van der Waals surface area contributed by atoms with Gasteiger partial charge < -0.3 is 10.1 Å². The van der Waals surface area contributed by atoms with E-state index < -0.39 is 17.6 Å². The number of amides is 1. The normalized spacial score (nSPS) is 12.6. The van der Waals surface area contributed by atoms with E-state index in [4.69, 9.17) is 4.74 Å². The minimum Gasteiger partial charge on any atom is -0.458 e. The van der Waals surface area contributed by atoms with Crippen molar-refractivity contribution in [3.05, 3.63) is 34.3 Å². The maximum atomic E-state index is 11.9. The van der Waals surface area contributed by atoms with E-state index >= 15 is 0 Å². The summed E-state index contributed by atoms with van der Waals surface area (Å²) in [5.41, 5.74) is 0.524. The van der Waals surface area contributed by atoms with Gasteiger partial charge in [0.1, 0.15) is 11.6 Å². The first-order valence-corrected chi connectivity index (χ1v) is 7.73. The number of esters is 1. The number of benzene rings is 1. The molecule has 1 atom stereocenters. The molecule has 1 N–H and O–H groups in total. The number of carbonyl (C=O) groups is 2. The lowest BCUT2D eigenvalue weighted by Crippen LogP contribution is -2.42. The minimum absolute atomic E-state index is 0.159. The quantitative estimate of drug-likeness (QED) is 0.825. The third kappa shape index (κ3) is 7.27. The molecule has 0 saturated carbocycles. The second-order valence-electron chi connectivity index (χ2n) is 5.95. The summed E-state index contributed by atoms with van der Waals surface area (Å²) < 4.78 is 6.21. The largest absolute Gasteiger partial charge is 0.458 e. The Labute approximate surface area is 134 Å². The standard InChI is InChI=1S/C16H22BrNO3/c1-11(15(20)21-16(2,3)4)18-14(19)9-8-12-6-5-7-13(17)10-12/h5-7,10-11H,8-9H2,1-4H3,(H,18,19)/t11-/m0/s1. The van der Waals surface area contributed by atoms with Crippen LogP contribution in [0.5, 0.6) is 0 Å². The van der Waals surface area contributed by atoms with E-state index in [1.165, 1.54) is 0 Å². The van der Waals surface area contributed by atoms with Gasteiger partial charge in [0.2, 0.25) is 5.91 Å². The molecule has 0 spiro atoms. The van der Waals surface area contributed by atoms with Crippen molar-refractivity contribution >= 4 is 27.8 Å². The molecule has 0 aliphatic heterocycles. The van der Waals surface area contributed by atoms with E-state index in [0.29, 0.717) is 12.8 Å². The lowest BCUT2D eigenvalue weighted by molar-refractivity contribution is -0.158. The molecule has 5 heteroatoms. The first-order valence-electron chi connectivity index (χ1n) is 6.94. The Morgan fingerprint density at radius 2 is 2.00 bits per heavy atom. The molecule has 0 bridgehead atoms. The minimum atomic E-state index is -0.640. The molecule has 1 rings (SSSR count). The van der Waals surface area contributed by atoms with E-state index in [1.54, 1.807) is 27.7 Å². The zero-order chi connectivity index (χ0) is 16.0. The SMILES string of the molecule is C[C@H](NC(=O)CCc1cccc(Br)c1)C(=O)OC(C)(C)C. The van der Waals surface area contributed by atoms with Gasteiger partial charge in [-0.2, -0.15) is 0 Å². The van der Waals surface area contributed by atoms with Gasteiger partial charge in [-0.05, 0) is 51.8 Å². The van der Waals surface area contributed by atoms with Crippen molar-refractivity contribution in [2.75, 3.05) is 0 Å². The fourth-order valence-electron chi connectivity index (χ4n) is 1.71. The van der Waals surface area contributed by atoms with Crippen LogP contribution in [0.2, 0.25) is 0 Å². The van der Waals surface area contributed by atoms with Crippen molar-refractivity contribution in [3.63, 3.8) is 0 Å². The van der Waals surface area contributed by atoms with E-state index in [-0.39, 0.29) is 5.91 Å². The molecule has 1 aromatic carbocycles. The lowest BCUT2D eigenvalue weighted by Gasteiger charge is -2.22. The number of nitrogens with one attached hydrogen (secondary N) is 1. The Morgan fingerprint density at radius 3 is 2.57 bits per heavy atom. The van der Waals surface area contributed by atoms with Gasteiger partial charge >= 0.3 is 5.97 Å². The fraction of sp³-hybridized carbons (Fsp3) is 0.500. The van der Waals surface area contributed by atoms with Crippen LogP contribution in [0.3, 0.4) is 0 Å². The topological polar surface area (TPSA) is 55.4 Å². The summed E-state index contributed by atoms with van der Waals surface area (Å²) in [5, 5.41) is 2.66. The van der Waals surface area contributed by atoms with Crippen LogP contribution in [0.4, 0.5) is 0 Å². The molecule has 1 aromatic rings. The zero-order valence-electron chi connectivity index (χ0n) is 12.9. The van der Waals surface area contributed by atoms with Gasteiger partial charge in [-0.25, -0.2) is 4.79 Å². The maximum absolute atomic E-state index is 11.9. The van der Waals surface area contributed by atoms with Crippen molar-refractivity contribution in [1.82, 2.24) is 5.32 Å². The van der Waals surface area contributed by atoms with Gasteiger partial charge in [-0.15, -0.1) is 0 Å². The summed E-state index contributed by atoms with van der Waals surface area (Å²) in [5.74, 6) is -0.577. The number of ether oxygens (including phenoxy) is 1. The Kier molecular flexibility index (Phi) is 6.40. The summed E-state index contributed by atoms with van der Waals surface area (Å²) in [6.45, 7) is 7.02. The van der Waals surface area contributed by atoms with Gasteiger partial charge in [0.05, 0.1) is 0 Å². The third-order valence-electron chi connectivity index (χ3n) is 2.67. The second-order valence-corrected chi connectivity index (χ2v) is 6.87. The number of rotatable bonds is 5. The molecule has 0 unspecified atom stereocenters. The fourth-order valence-corrected chi connectivity index (χ4v) is 2.16. The predicted octanol–water partition coefficient (Wildman–Crippen LogP) is 3.23. The summed E-state index contributed by atoms with van der Waals surface area (Å²) in [7, 11) is 0. The smallest absolute Gasteiger partial charge is 0.328 e. The van der Waals surface area contributed by atoms with Gasteiger partial charge in [-0.1, -0.05) is 28.1 Å². The van der Waals surface area contributed by atoms with Crippen LogP contribution >= 0.6 is 15.9 Å². The maximum Gasteiger partial charge on any atom is 0.328 e. The van der Waals surface area contributed by atoms with E-state index in [1.807, 2.05) is 24.3 Å². The van der Waals surface area contributed by atoms with Gasteiger partial charge in [0, 0.05) is 10.9 Å². The highest BCUT2D eigenvalue weighted by molar-refractivity contribution is 9.10. The van der Waals surface area contributed by atoms with Crippen molar-refractivity contribution in [2.45, 2.75) is 52.2 Å². The van der Waals surface area contributed by atoms with Crippen LogP contribution in [0.1, 0.15) is 39.7 Å². The second kappa shape index (κ2) is 7.59. The Bertz CT molecular complexity index is 508. The highest BCUT2D eigenvalue weighted by atomic mass is 79.9. The molecule has 0 fully saturated rings. The Balaban J connectivity index is 2.41. The number of carbonyl (C=O) groups excluding carboxylic acids is 2. The summed E-state index contributed by atoms with van der Waals surface area (Å²) in [6.07, 6.45) is 0.968. The number of hydrogen-bond acceptors (Lipinski definition) is 3. The highest BCUT2D eigenvalue weighted by Gasteiger charge is 2.22. The average Bonchev–Trinajstić information content (AvgIpc) is 2.34. The molecule has 0 aliphatic rings. The molecular formula is C16H22BrNO3. The zero-order valence-corrected chi connectivity index (χ0v) is 14.5. The molecule has 0 saturated heterocycles. The monoisotopic (exact) mass is 355 g/mol. The van der Waals surface area contributed by atoms with Crippen LogP contribution in [0.25, 0.3) is 0 Å². The molecule has 0 radical (unpaired) electrons. The average molecular weight is 356 g/mol. The van der Waals surface area contributed by atoms with E-state index in [0.717, 1.165) is 10.0 Å². The van der Waals surface area contributed by atoms with Gasteiger partial charge in [0.15, 0.2) is 0 Å². The summed E-state index contributed by atoms with van der Waals surface area (Å²) >= 11 is 3.39. The van der Waals surface area contributed by atoms with Crippen molar-refractivity contribution < 1.29 is 14.3 Å². The summed E-state index contributed by atoms with van der Waals surface area (Å²) in [6, 6.07) is 7.17. The lowest BCUT2D eigenvalue weighted by atomic mass is 10.1. The molecule has 0 heterocycles. The van der Waals surface area contributed by atoms with Crippen LogP contribution in [0.15, 0.2) is 28.7 Å². The van der Waals surface area contributed by atoms with Crippen LogP contribution in [-0.2, 0) is 20.7 Å².